The van der Waals surface area contributed by atoms with Crippen molar-refractivity contribution >= 4 is 16.9 Å². The summed E-state index contributed by atoms with van der Waals surface area (Å²) in [5.41, 5.74) is 1.33. The number of rotatable bonds is 2. The molecule has 102 valence electrons. The van der Waals surface area contributed by atoms with E-state index in [2.05, 4.69) is 35.2 Å². The smallest absolute Gasteiger partial charge is 0.263 e. The summed E-state index contributed by atoms with van der Waals surface area (Å²) in [7, 11) is 0. The van der Waals surface area contributed by atoms with Crippen LogP contribution in [0.3, 0.4) is 0 Å². The minimum atomic E-state index is 0.157. The van der Waals surface area contributed by atoms with E-state index in [1.54, 1.807) is 0 Å². The van der Waals surface area contributed by atoms with Gasteiger partial charge < -0.3 is 9.42 Å². The van der Waals surface area contributed by atoms with Crippen LogP contribution in [0.4, 0.5) is 5.82 Å². The van der Waals surface area contributed by atoms with E-state index in [1.165, 1.54) is 12.7 Å². The Hall–Kier alpha value is -2.51. The van der Waals surface area contributed by atoms with E-state index < -0.39 is 0 Å². The largest absolute Gasteiger partial charge is 0.346 e. The fraction of sp³-hybridized carbons (Fsp3) is 0.417. The highest BCUT2D eigenvalue weighted by Gasteiger charge is 2.31. The van der Waals surface area contributed by atoms with E-state index in [1.807, 2.05) is 6.92 Å². The van der Waals surface area contributed by atoms with Crippen molar-refractivity contribution in [3.63, 3.8) is 0 Å². The summed E-state index contributed by atoms with van der Waals surface area (Å²) >= 11 is 0. The SMILES string of the molecule is Cc1noc2ncnc(N3CCC[C@H]3c3ncn[nH]3)c12. The second-order valence-electron chi connectivity index (χ2n) is 4.87. The minimum Gasteiger partial charge on any atom is -0.346 e. The molecule has 0 bridgehead atoms. The lowest BCUT2D eigenvalue weighted by molar-refractivity contribution is 0.442. The summed E-state index contributed by atoms with van der Waals surface area (Å²) in [5, 5.41) is 11.7. The molecule has 0 aromatic carbocycles. The van der Waals surface area contributed by atoms with Crippen molar-refractivity contribution < 1.29 is 4.52 Å². The van der Waals surface area contributed by atoms with Crippen molar-refractivity contribution in [2.24, 2.45) is 0 Å². The average Bonchev–Trinajstić information content (AvgIpc) is 3.18. The average molecular weight is 271 g/mol. The number of fused-ring (bicyclic) bond motifs is 1. The fourth-order valence-corrected chi connectivity index (χ4v) is 2.80. The number of H-pyrrole nitrogens is 1. The first-order valence-corrected chi connectivity index (χ1v) is 6.53. The Morgan fingerprint density at radius 3 is 3.10 bits per heavy atom. The first-order chi connectivity index (χ1) is 9.84. The van der Waals surface area contributed by atoms with Crippen molar-refractivity contribution in [2.45, 2.75) is 25.8 Å². The lowest BCUT2D eigenvalue weighted by atomic mass is 10.2. The fourth-order valence-electron chi connectivity index (χ4n) is 2.80. The standard InChI is InChI=1S/C12H13N7O/c1-7-9-11(14-5-15-12(9)20-18-7)19-4-2-3-8(19)10-13-6-16-17-10/h5-6,8H,2-4H2,1H3,(H,13,16,17)/t8-/m0/s1. The molecule has 4 heterocycles. The van der Waals surface area contributed by atoms with Gasteiger partial charge in [0.2, 0.25) is 0 Å². The van der Waals surface area contributed by atoms with Crippen LogP contribution in [0, 0.1) is 6.92 Å². The summed E-state index contributed by atoms with van der Waals surface area (Å²) in [5.74, 6) is 1.72. The van der Waals surface area contributed by atoms with Gasteiger partial charge in [0.15, 0.2) is 0 Å². The number of hydrogen-bond donors (Lipinski definition) is 1. The zero-order valence-electron chi connectivity index (χ0n) is 10.9. The number of nitrogens with zero attached hydrogens (tertiary/aromatic N) is 6. The molecule has 1 N–H and O–H groups in total. The first-order valence-electron chi connectivity index (χ1n) is 6.53. The Morgan fingerprint density at radius 1 is 1.30 bits per heavy atom. The lowest BCUT2D eigenvalue weighted by Gasteiger charge is -2.24. The van der Waals surface area contributed by atoms with Crippen LogP contribution in [0.1, 0.15) is 30.4 Å². The molecule has 1 saturated heterocycles. The van der Waals surface area contributed by atoms with Crippen molar-refractivity contribution in [3.8, 4) is 0 Å². The maximum atomic E-state index is 5.21. The van der Waals surface area contributed by atoms with E-state index in [0.717, 1.165) is 42.1 Å². The maximum Gasteiger partial charge on any atom is 0.263 e. The van der Waals surface area contributed by atoms with E-state index >= 15 is 0 Å². The molecule has 8 nitrogen and oxygen atoms in total. The van der Waals surface area contributed by atoms with Gasteiger partial charge >= 0.3 is 0 Å². The van der Waals surface area contributed by atoms with Crippen LogP contribution in [0.25, 0.3) is 11.1 Å². The molecule has 0 radical (unpaired) electrons. The van der Waals surface area contributed by atoms with Crippen LogP contribution in [-0.2, 0) is 0 Å². The second-order valence-corrected chi connectivity index (χ2v) is 4.87. The molecule has 0 amide bonds. The highest BCUT2D eigenvalue weighted by molar-refractivity contribution is 5.88. The topological polar surface area (TPSA) is 96.6 Å². The van der Waals surface area contributed by atoms with Crippen molar-refractivity contribution in [2.75, 3.05) is 11.4 Å². The third-order valence-corrected chi connectivity index (χ3v) is 3.70. The zero-order chi connectivity index (χ0) is 13.5. The second kappa shape index (κ2) is 4.26. The molecule has 4 rings (SSSR count). The normalized spacial score (nSPS) is 19.1. The van der Waals surface area contributed by atoms with Gasteiger partial charge in [-0.1, -0.05) is 5.16 Å². The van der Waals surface area contributed by atoms with Crippen LogP contribution < -0.4 is 4.90 Å². The minimum absolute atomic E-state index is 0.157. The van der Waals surface area contributed by atoms with Gasteiger partial charge in [0.05, 0.1) is 11.7 Å². The summed E-state index contributed by atoms with van der Waals surface area (Å²) in [6.45, 7) is 2.82. The van der Waals surface area contributed by atoms with Crippen molar-refractivity contribution in [3.05, 3.63) is 24.2 Å². The number of aryl methyl sites for hydroxylation is 1. The Kier molecular flexibility index (Phi) is 2.41. The lowest BCUT2D eigenvalue weighted by Crippen LogP contribution is -2.24. The molecule has 1 aliphatic heterocycles. The third kappa shape index (κ3) is 1.57. The number of nitrogens with one attached hydrogen (secondary N) is 1. The van der Waals surface area contributed by atoms with Crippen LogP contribution in [0.15, 0.2) is 17.2 Å². The molecule has 0 spiro atoms. The van der Waals surface area contributed by atoms with Crippen molar-refractivity contribution in [1.82, 2.24) is 30.3 Å². The van der Waals surface area contributed by atoms with Crippen LogP contribution in [0.2, 0.25) is 0 Å². The highest BCUT2D eigenvalue weighted by atomic mass is 16.5. The molecule has 1 fully saturated rings. The van der Waals surface area contributed by atoms with Crippen molar-refractivity contribution in [1.29, 1.82) is 0 Å². The summed E-state index contributed by atoms with van der Waals surface area (Å²) in [4.78, 5) is 15.0. The number of aromatic nitrogens is 6. The molecule has 0 aliphatic carbocycles. The van der Waals surface area contributed by atoms with E-state index in [-0.39, 0.29) is 6.04 Å². The molecular weight excluding hydrogens is 258 g/mol. The highest BCUT2D eigenvalue weighted by Crippen LogP contribution is 2.37. The van der Waals surface area contributed by atoms with E-state index in [9.17, 15) is 0 Å². The van der Waals surface area contributed by atoms with Gasteiger partial charge in [-0.3, -0.25) is 5.10 Å². The quantitative estimate of drug-likeness (QED) is 0.752. The number of aromatic amines is 1. The number of anilines is 1. The van der Waals surface area contributed by atoms with E-state index in [4.69, 9.17) is 4.52 Å². The molecule has 0 unspecified atom stereocenters. The van der Waals surface area contributed by atoms with Gasteiger partial charge in [0, 0.05) is 6.54 Å². The molecule has 3 aromatic rings. The summed E-state index contributed by atoms with van der Waals surface area (Å²) in [6, 6.07) is 0.157. The summed E-state index contributed by atoms with van der Waals surface area (Å²) < 4.78 is 5.21. The van der Waals surface area contributed by atoms with Gasteiger partial charge in [-0.05, 0) is 19.8 Å². The monoisotopic (exact) mass is 271 g/mol. The number of hydrogen-bond acceptors (Lipinski definition) is 7. The molecule has 3 aromatic heterocycles. The third-order valence-electron chi connectivity index (χ3n) is 3.70. The van der Waals surface area contributed by atoms with Gasteiger partial charge in [-0.15, -0.1) is 0 Å². The Bertz CT molecular complexity index is 735. The van der Waals surface area contributed by atoms with Crippen LogP contribution in [0.5, 0.6) is 0 Å². The molecule has 1 aliphatic rings. The van der Waals surface area contributed by atoms with E-state index in [0.29, 0.717) is 5.71 Å². The van der Waals surface area contributed by atoms with Gasteiger partial charge in [0.25, 0.3) is 5.71 Å². The molecular formula is C12H13N7O. The Balaban J connectivity index is 1.84. The zero-order valence-corrected chi connectivity index (χ0v) is 10.9. The first kappa shape index (κ1) is 11.3. The van der Waals surface area contributed by atoms with Gasteiger partial charge in [-0.25, -0.2) is 9.97 Å². The molecule has 8 heteroatoms. The maximum absolute atomic E-state index is 5.21. The van der Waals surface area contributed by atoms with Gasteiger partial charge in [0.1, 0.15) is 29.7 Å². The van der Waals surface area contributed by atoms with Crippen LogP contribution >= 0.6 is 0 Å². The predicted molar refractivity (Wildman–Crippen MR) is 70.0 cm³/mol. The Labute approximate surface area is 114 Å². The Morgan fingerprint density at radius 2 is 2.25 bits per heavy atom. The molecule has 0 saturated carbocycles. The predicted octanol–water partition coefficient (Wildman–Crippen LogP) is 1.39. The molecule has 20 heavy (non-hydrogen) atoms. The molecule has 1 atom stereocenters. The summed E-state index contributed by atoms with van der Waals surface area (Å²) in [6.07, 6.45) is 5.15. The van der Waals surface area contributed by atoms with Crippen LogP contribution in [-0.4, -0.2) is 36.9 Å². The van der Waals surface area contributed by atoms with Gasteiger partial charge in [-0.2, -0.15) is 10.1 Å².